The van der Waals surface area contributed by atoms with Gasteiger partial charge in [-0.05, 0) is 0 Å². The summed E-state index contributed by atoms with van der Waals surface area (Å²) in [5.41, 5.74) is 2.99. The first kappa shape index (κ1) is 6.03. The Morgan fingerprint density at radius 3 is 2.22 bits per heavy atom. The fourth-order valence-corrected chi connectivity index (χ4v) is 0.243. The van der Waals surface area contributed by atoms with Crippen molar-refractivity contribution in [2.24, 2.45) is 0 Å². The smallest absolute Gasteiger partial charge is 0.362 e. The molecule has 0 amide bonds. The van der Waals surface area contributed by atoms with Crippen LogP contribution in [-0.4, -0.2) is 28.2 Å². The van der Waals surface area contributed by atoms with E-state index < -0.39 is 24.4 Å². The topological polar surface area (TPSA) is 102 Å². The number of quaternary nitrogens is 1. The Bertz CT molecular complexity index is 141. The lowest BCUT2D eigenvalue weighted by molar-refractivity contribution is -0.407. The molecular formula is C4H8NO4+. The monoisotopic (exact) mass is 135 g/mol. The highest BCUT2D eigenvalue weighted by atomic mass is 16.4. The highest BCUT2D eigenvalue weighted by Gasteiger charge is 2.18. The normalized spacial score (nSPS) is 17.7. The van der Waals surface area contributed by atoms with Gasteiger partial charge in [-0.15, -0.1) is 0 Å². The third-order valence-corrected chi connectivity index (χ3v) is 0.661. The number of carboxylic acid groups (broad SMARTS) is 2. The highest BCUT2D eigenvalue weighted by molar-refractivity contribution is 5.78. The van der Waals surface area contributed by atoms with Gasteiger partial charge in [0.2, 0.25) is 0 Å². The van der Waals surface area contributed by atoms with Gasteiger partial charge in [-0.3, -0.25) is 4.79 Å². The molecule has 0 heterocycles. The number of hydrogen-bond donors (Lipinski definition) is 3. The zero-order valence-electron chi connectivity index (χ0n) is 5.57. The first-order valence-corrected chi connectivity index (χ1v) is 2.17. The SMILES string of the molecule is [2H][C@@H](C(=O)O)[C@@H]([NH3+])C(=O)O. The Morgan fingerprint density at radius 2 is 2.11 bits per heavy atom. The molecular weight excluding hydrogens is 126 g/mol. The second-order valence-electron chi connectivity index (χ2n) is 1.45. The number of hydrogen-bond acceptors (Lipinski definition) is 2. The Morgan fingerprint density at radius 1 is 1.67 bits per heavy atom. The lowest BCUT2D eigenvalue weighted by Crippen LogP contribution is -2.65. The molecule has 0 rings (SSSR count). The van der Waals surface area contributed by atoms with Crippen LogP contribution in [0.5, 0.6) is 0 Å². The van der Waals surface area contributed by atoms with Crippen LogP contribution in [0.2, 0.25) is 0 Å². The number of rotatable bonds is 3. The maximum Gasteiger partial charge on any atom is 0.362 e. The molecule has 0 bridgehead atoms. The van der Waals surface area contributed by atoms with E-state index in [1.54, 1.807) is 0 Å². The summed E-state index contributed by atoms with van der Waals surface area (Å²) in [6, 6.07) is -1.41. The predicted octanol–water partition coefficient (Wildman–Crippen LogP) is -1.84. The molecule has 52 valence electrons. The van der Waals surface area contributed by atoms with Crippen LogP contribution in [0.25, 0.3) is 0 Å². The van der Waals surface area contributed by atoms with Crippen molar-refractivity contribution in [3.05, 3.63) is 0 Å². The van der Waals surface area contributed by atoms with Crippen molar-refractivity contribution in [2.45, 2.75) is 12.4 Å². The van der Waals surface area contributed by atoms with Gasteiger partial charge in [0, 0.05) is 1.37 Å². The number of aliphatic carboxylic acids is 2. The third-order valence-electron chi connectivity index (χ3n) is 0.661. The summed E-state index contributed by atoms with van der Waals surface area (Å²) in [5, 5.41) is 16.3. The molecule has 0 aromatic carbocycles. The second-order valence-corrected chi connectivity index (χ2v) is 1.45. The Labute approximate surface area is 52.5 Å². The Hall–Kier alpha value is -1.10. The van der Waals surface area contributed by atoms with Crippen LogP contribution >= 0.6 is 0 Å². The van der Waals surface area contributed by atoms with Crippen molar-refractivity contribution >= 4 is 11.9 Å². The molecule has 0 fully saturated rings. The molecule has 0 aliphatic heterocycles. The van der Waals surface area contributed by atoms with Crippen molar-refractivity contribution in [3.63, 3.8) is 0 Å². The first-order chi connectivity index (χ1) is 4.46. The van der Waals surface area contributed by atoms with Crippen LogP contribution < -0.4 is 5.73 Å². The second kappa shape index (κ2) is 3.03. The molecule has 5 heteroatoms. The number of carbonyl (C=O) groups is 2. The van der Waals surface area contributed by atoms with Gasteiger partial charge in [0.1, 0.15) is 6.40 Å². The summed E-state index contributed by atoms with van der Waals surface area (Å²) in [5.74, 6) is -2.84. The van der Waals surface area contributed by atoms with Crippen LogP contribution in [0.1, 0.15) is 7.77 Å². The molecule has 0 aliphatic carbocycles. The van der Waals surface area contributed by atoms with E-state index in [1.165, 1.54) is 0 Å². The van der Waals surface area contributed by atoms with Crippen molar-refractivity contribution in [1.29, 1.82) is 0 Å². The van der Waals surface area contributed by atoms with E-state index >= 15 is 0 Å². The minimum absolute atomic E-state index is 1.37. The minimum Gasteiger partial charge on any atom is -0.481 e. The molecule has 2 atom stereocenters. The molecule has 0 spiro atoms. The molecule has 5 N–H and O–H groups in total. The van der Waals surface area contributed by atoms with Gasteiger partial charge in [-0.1, -0.05) is 0 Å². The first-order valence-electron chi connectivity index (χ1n) is 2.75. The lowest BCUT2D eigenvalue weighted by atomic mass is 10.2. The zero-order valence-corrected chi connectivity index (χ0v) is 4.57. The van der Waals surface area contributed by atoms with Crippen LogP contribution in [-0.2, 0) is 9.59 Å². The van der Waals surface area contributed by atoms with E-state index in [0.717, 1.165) is 0 Å². The summed E-state index contributed by atoms with van der Waals surface area (Å²) in [6.45, 7) is 0. The molecule has 0 radical (unpaired) electrons. The van der Waals surface area contributed by atoms with Crippen molar-refractivity contribution in [3.8, 4) is 0 Å². The minimum atomic E-state index is -1.68. The predicted molar refractivity (Wildman–Crippen MR) is 26.6 cm³/mol. The molecule has 0 aromatic rings. The molecule has 0 aliphatic rings. The van der Waals surface area contributed by atoms with Gasteiger partial charge in [0.15, 0.2) is 6.04 Å². The zero-order chi connectivity index (χ0) is 8.31. The summed E-state index contributed by atoms with van der Waals surface area (Å²) < 4.78 is 6.72. The number of carboxylic acids is 2. The third kappa shape index (κ3) is 3.48. The van der Waals surface area contributed by atoms with Gasteiger partial charge >= 0.3 is 11.9 Å². The van der Waals surface area contributed by atoms with Crippen molar-refractivity contribution < 1.29 is 26.9 Å². The van der Waals surface area contributed by atoms with Gasteiger partial charge in [0.05, 0.1) is 0 Å². The molecule has 0 aromatic heterocycles. The van der Waals surface area contributed by atoms with Crippen molar-refractivity contribution in [2.75, 3.05) is 0 Å². The van der Waals surface area contributed by atoms with Gasteiger partial charge in [-0.2, -0.15) is 0 Å². The Kier molecular flexibility index (Phi) is 2.03. The van der Waals surface area contributed by atoms with E-state index in [4.69, 9.17) is 11.6 Å². The van der Waals surface area contributed by atoms with Crippen LogP contribution in [0, 0.1) is 0 Å². The average molecular weight is 135 g/mol. The average Bonchev–Trinajstić information content (AvgIpc) is 1.84. The lowest BCUT2D eigenvalue weighted by Gasteiger charge is -1.95. The van der Waals surface area contributed by atoms with Crippen LogP contribution in [0.4, 0.5) is 0 Å². The summed E-state index contributed by atoms with van der Waals surface area (Å²) in [6.07, 6.45) is -1.68. The molecule has 0 saturated heterocycles. The molecule has 9 heavy (non-hydrogen) atoms. The maximum atomic E-state index is 10.00. The molecule has 0 saturated carbocycles. The van der Waals surface area contributed by atoms with E-state index in [-0.39, 0.29) is 0 Å². The standard InChI is InChI=1S/C4H7NO4/c5-2(4(8)9)1-3(6)7/h2H,1,5H2,(H,6,7)(H,8,9)/p+1/t2-/m1/s1/i1D/t1-,2-. The van der Waals surface area contributed by atoms with E-state index in [9.17, 15) is 9.59 Å². The van der Waals surface area contributed by atoms with Gasteiger partial charge in [-0.25, -0.2) is 4.79 Å². The summed E-state index contributed by atoms with van der Waals surface area (Å²) >= 11 is 0. The highest BCUT2D eigenvalue weighted by Crippen LogP contribution is 1.83. The van der Waals surface area contributed by atoms with E-state index in [2.05, 4.69) is 5.73 Å². The Balaban J connectivity index is 4.07. The van der Waals surface area contributed by atoms with E-state index in [1.807, 2.05) is 0 Å². The quantitative estimate of drug-likeness (QED) is 0.423. The molecule has 0 unspecified atom stereocenters. The summed E-state index contributed by atoms with van der Waals surface area (Å²) in [4.78, 5) is 20.0. The maximum absolute atomic E-state index is 10.00. The van der Waals surface area contributed by atoms with Gasteiger partial charge < -0.3 is 15.9 Å². The molecule has 5 nitrogen and oxygen atoms in total. The van der Waals surface area contributed by atoms with Crippen LogP contribution in [0.15, 0.2) is 0 Å². The largest absolute Gasteiger partial charge is 0.481 e. The summed E-state index contributed by atoms with van der Waals surface area (Å²) in [7, 11) is 0. The van der Waals surface area contributed by atoms with Gasteiger partial charge in [0.25, 0.3) is 0 Å². The van der Waals surface area contributed by atoms with Crippen LogP contribution in [0.3, 0.4) is 0 Å². The van der Waals surface area contributed by atoms with Crippen molar-refractivity contribution in [1.82, 2.24) is 0 Å². The van der Waals surface area contributed by atoms with E-state index in [0.29, 0.717) is 0 Å². The fraction of sp³-hybridized carbons (Fsp3) is 0.500. The fourth-order valence-electron chi connectivity index (χ4n) is 0.243.